The highest BCUT2D eigenvalue weighted by atomic mass is 32.2. The molecule has 28 heavy (non-hydrogen) atoms. The van der Waals surface area contributed by atoms with E-state index in [-0.39, 0.29) is 29.9 Å². The highest BCUT2D eigenvalue weighted by molar-refractivity contribution is 8.04. The summed E-state index contributed by atoms with van der Waals surface area (Å²) < 4.78 is 5.59. The Kier molecular flexibility index (Phi) is 6.07. The molecule has 1 aliphatic carbocycles. The van der Waals surface area contributed by atoms with Crippen LogP contribution in [0.1, 0.15) is 37.7 Å². The van der Waals surface area contributed by atoms with E-state index >= 15 is 0 Å². The third kappa shape index (κ3) is 4.28. The van der Waals surface area contributed by atoms with E-state index in [0.717, 1.165) is 49.2 Å². The third-order valence-corrected chi connectivity index (χ3v) is 7.46. The van der Waals surface area contributed by atoms with Gasteiger partial charge in [-0.2, -0.15) is 0 Å². The Morgan fingerprint density at radius 1 is 1.29 bits per heavy atom. The molecule has 4 unspecified atom stereocenters. The van der Waals surface area contributed by atoms with E-state index in [1.807, 2.05) is 48.4 Å². The number of carbonyl (C=O) groups excluding carboxylic acids is 2. The molecular formula is C22H28N2O3S. The number of thioether (sulfide) groups is 1. The van der Waals surface area contributed by atoms with Crippen molar-refractivity contribution in [2.45, 2.75) is 49.5 Å². The minimum atomic E-state index is -0.0156. The van der Waals surface area contributed by atoms with Crippen molar-refractivity contribution in [1.29, 1.82) is 0 Å². The number of benzene rings is 1. The lowest BCUT2D eigenvalue weighted by Crippen LogP contribution is -2.52. The van der Waals surface area contributed by atoms with E-state index in [9.17, 15) is 9.59 Å². The number of hydrogen-bond acceptors (Lipinski definition) is 4. The van der Waals surface area contributed by atoms with Crippen molar-refractivity contribution in [3.05, 3.63) is 40.8 Å². The maximum absolute atomic E-state index is 12.9. The molecule has 1 aromatic rings. The zero-order valence-corrected chi connectivity index (χ0v) is 17.1. The summed E-state index contributed by atoms with van der Waals surface area (Å²) in [7, 11) is 1.88. The molecule has 0 bridgehead atoms. The number of fused-ring (bicyclic) bond motifs is 1. The lowest BCUT2D eigenvalue weighted by atomic mass is 9.83. The van der Waals surface area contributed by atoms with Gasteiger partial charge >= 0.3 is 0 Å². The molecule has 4 rings (SSSR count). The maximum Gasteiger partial charge on any atom is 0.260 e. The van der Waals surface area contributed by atoms with Crippen LogP contribution in [0.25, 0.3) is 6.08 Å². The zero-order valence-electron chi connectivity index (χ0n) is 16.3. The molecule has 1 N–H and O–H groups in total. The van der Waals surface area contributed by atoms with E-state index in [1.165, 1.54) is 0 Å². The Balaban J connectivity index is 1.38. The first-order valence-corrected chi connectivity index (χ1v) is 11.1. The Hall–Kier alpha value is -1.79. The van der Waals surface area contributed by atoms with Gasteiger partial charge in [-0.1, -0.05) is 30.3 Å². The number of amides is 2. The lowest BCUT2D eigenvalue weighted by Gasteiger charge is -2.44. The van der Waals surface area contributed by atoms with Crippen LogP contribution in [0.4, 0.5) is 0 Å². The first-order valence-electron chi connectivity index (χ1n) is 10.2. The summed E-state index contributed by atoms with van der Waals surface area (Å²) in [5.41, 5.74) is 1.05. The first kappa shape index (κ1) is 19.5. The first-order chi connectivity index (χ1) is 13.6. The molecular weight excluding hydrogens is 372 g/mol. The number of nitrogens with zero attached hydrogens (tertiary/aromatic N) is 1. The van der Waals surface area contributed by atoms with Gasteiger partial charge in [0.1, 0.15) is 0 Å². The molecule has 0 aromatic heterocycles. The van der Waals surface area contributed by atoms with E-state index in [4.69, 9.17) is 4.74 Å². The summed E-state index contributed by atoms with van der Waals surface area (Å²) in [6.45, 7) is 1.41. The van der Waals surface area contributed by atoms with Crippen molar-refractivity contribution in [3.8, 4) is 0 Å². The molecule has 2 aliphatic heterocycles. The van der Waals surface area contributed by atoms with Gasteiger partial charge in [-0.25, -0.2) is 0 Å². The summed E-state index contributed by atoms with van der Waals surface area (Å²) in [6.07, 6.45) is 6.84. The highest BCUT2D eigenvalue weighted by Crippen LogP contribution is 2.43. The number of hydrogen-bond donors (Lipinski definition) is 1. The molecule has 4 atom stereocenters. The van der Waals surface area contributed by atoms with Crippen molar-refractivity contribution in [2.75, 3.05) is 20.2 Å². The standard InChI is InChI=1S/C22H28N2O3S/c1-24-18-13-16(21(25)23-14-17-8-5-11-27-17)9-10-19(18)28-20(22(24)26)12-15-6-3-2-4-7-15/h2-4,6-7,12,16-19H,5,8-11,13-14H2,1H3,(H,23,25)/b20-12+. The van der Waals surface area contributed by atoms with Crippen LogP contribution in [0.2, 0.25) is 0 Å². The van der Waals surface area contributed by atoms with Crippen molar-refractivity contribution >= 4 is 29.7 Å². The fourth-order valence-electron chi connectivity index (χ4n) is 4.40. The van der Waals surface area contributed by atoms with Crippen LogP contribution in [0.5, 0.6) is 0 Å². The predicted octanol–water partition coefficient (Wildman–Crippen LogP) is 3.07. The molecule has 5 nitrogen and oxygen atoms in total. The highest BCUT2D eigenvalue weighted by Gasteiger charge is 2.42. The van der Waals surface area contributed by atoms with Crippen LogP contribution in [0.3, 0.4) is 0 Å². The molecule has 150 valence electrons. The van der Waals surface area contributed by atoms with E-state index in [2.05, 4.69) is 5.32 Å². The number of rotatable bonds is 4. The van der Waals surface area contributed by atoms with E-state index < -0.39 is 0 Å². The minimum absolute atomic E-state index is 0.0156. The van der Waals surface area contributed by atoms with Crippen LogP contribution >= 0.6 is 11.8 Å². The molecule has 0 spiro atoms. The van der Waals surface area contributed by atoms with E-state index in [0.29, 0.717) is 11.8 Å². The summed E-state index contributed by atoms with van der Waals surface area (Å²) in [6, 6.07) is 10.1. The van der Waals surface area contributed by atoms with Gasteiger partial charge in [0.25, 0.3) is 5.91 Å². The second-order valence-corrected chi connectivity index (χ2v) is 9.23. The normalized spacial score (nSPS) is 31.7. The molecule has 2 saturated heterocycles. The minimum Gasteiger partial charge on any atom is -0.376 e. The van der Waals surface area contributed by atoms with Crippen LogP contribution < -0.4 is 5.32 Å². The number of nitrogens with one attached hydrogen (secondary N) is 1. The van der Waals surface area contributed by atoms with Gasteiger partial charge in [-0.3, -0.25) is 9.59 Å². The van der Waals surface area contributed by atoms with Crippen molar-refractivity contribution in [1.82, 2.24) is 10.2 Å². The van der Waals surface area contributed by atoms with Gasteiger partial charge in [0, 0.05) is 37.4 Å². The van der Waals surface area contributed by atoms with E-state index in [1.54, 1.807) is 11.8 Å². The molecule has 0 radical (unpaired) electrons. The van der Waals surface area contributed by atoms with Crippen LogP contribution in [-0.4, -0.2) is 54.3 Å². The summed E-state index contributed by atoms with van der Waals surface area (Å²) in [5, 5.41) is 3.43. The Labute approximate surface area is 170 Å². The fourth-order valence-corrected chi connectivity index (χ4v) is 5.88. The zero-order chi connectivity index (χ0) is 19.5. The van der Waals surface area contributed by atoms with Crippen molar-refractivity contribution < 1.29 is 14.3 Å². The number of ether oxygens (including phenoxy) is 1. The quantitative estimate of drug-likeness (QED) is 0.789. The average Bonchev–Trinajstić information content (AvgIpc) is 3.24. The number of likely N-dealkylation sites (N-methyl/N-ethyl adjacent to an activating group) is 1. The molecule has 2 heterocycles. The summed E-state index contributed by atoms with van der Waals surface area (Å²) in [4.78, 5) is 28.2. The average molecular weight is 401 g/mol. The fraction of sp³-hybridized carbons (Fsp3) is 0.545. The monoisotopic (exact) mass is 400 g/mol. The molecule has 6 heteroatoms. The molecule has 1 aromatic carbocycles. The smallest absolute Gasteiger partial charge is 0.260 e. The Bertz CT molecular complexity index is 745. The van der Waals surface area contributed by atoms with Gasteiger partial charge < -0.3 is 15.0 Å². The van der Waals surface area contributed by atoms with Gasteiger partial charge in [0.2, 0.25) is 5.91 Å². The molecule has 2 amide bonds. The van der Waals surface area contributed by atoms with Crippen LogP contribution in [0, 0.1) is 5.92 Å². The van der Waals surface area contributed by atoms with Gasteiger partial charge in [-0.05, 0) is 43.7 Å². The SMILES string of the molecule is CN1C(=O)/C(=C\c2ccccc2)SC2CCC(C(=O)NCC3CCCO3)CC21. The summed E-state index contributed by atoms with van der Waals surface area (Å²) >= 11 is 1.69. The van der Waals surface area contributed by atoms with Crippen molar-refractivity contribution in [3.63, 3.8) is 0 Å². The second-order valence-electron chi connectivity index (χ2n) is 7.95. The molecule has 3 aliphatic rings. The predicted molar refractivity (Wildman–Crippen MR) is 112 cm³/mol. The van der Waals surface area contributed by atoms with Gasteiger partial charge in [0.05, 0.1) is 11.0 Å². The largest absolute Gasteiger partial charge is 0.376 e. The molecule has 3 fully saturated rings. The van der Waals surface area contributed by atoms with Gasteiger partial charge in [-0.15, -0.1) is 11.8 Å². The number of carbonyl (C=O) groups is 2. The second kappa shape index (κ2) is 8.70. The van der Waals surface area contributed by atoms with Gasteiger partial charge in [0.15, 0.2) is 0 Å². The lowest BCUT2D eigenvalue weighted by molar-refractivity contribution is -0.132. The summed E-state index contributed by atoms with van der Waals surface area (Å²) in [5.74, 6) is 0.166. The Morgan fingerprint density at radius 3 is 2.86 bits per heavy atom. The van der Waals surface area contributed by atoms with Crippen molar-refractivity contribution in [2.24, 2.45) is 5.92 Å². The maximum atomic E-state index is 12.9. The van der Waals surface area contributed by atoms with Crippen LogP contribution in [0.15, 0.2) is 35.2 Å². The third-order valence-electron chi connectivity index (χ3n) is 6.06. The van der Waals surface area contributed by atoms with Crippen LogP contribution in [-0.2, 0) is 14.3 Å². The molecule has 1 saturated carbocycles. The Morgan fingerprint density at radius 2 is 2.11 bits per heavy atom. The topological polar surface area (TPSA) is 58.6 Å².